The average molecular weight is 361 g/mol. The van der Waals surface area contributed by atoms with Gasteiger partial charge in [-0.15, -0.1) is 0 Å². The van der Waals surface area contributed by atoms with E-state index in [0.29, 0.717) is 12.4 Å². The highest BCUT2D eigenvalue weighted by Crippen LogP contribution is 2.35. The lowest BCUT2D eigenvalue weighted by Crippen LogP contribution is -2.23. The minimum atomic E-state index is -3.58. The van der Waals surface area contributed by atoms with Crippen LogP contribution in [0.25, 0.3) is 0 Å². The summed E-state index contributed by atoms with van der Waals surface area (Å²) in [5, 5.41) is 0. The molecule has 0 saturated carbocycles. The van der Waals surface area contributed by atoms with Gasteiger partial charge in [-0.05, 0) is 45.0 Å². The number of fused-ring (bicyclic) bond motifs is 1. The van der Waals surface area contributed by atoms with Crippen LogP contribution in [0, 0.1) is 6.92 Å². The topological polar surface area (TPSA) is 64.6 Å². The van der Waals surface area contributed by atoms with Crippen LogP contribution in [-0.2, 0) is 23.0 Å². The van der Waals surface area contributed by atoms with Crippen LogP contribution in [0.2, 0.25) is 0 Å². The van der Waals surface area contributed by atoms with Gasteiger partial charge >= 0.3 is 0 Å². The molecular formula is C19H23NO4S. The zero-order valence-corrected chi connectivity index (χ0v) is 15.5. The van der Waals surface area contributed by atoms with E-state index in [2.05, 4.69) is 4.72 Å². The van der Waals surface area contributed by atoms with Gasteiger partial charge in [0.15, 0.2) is 0 Å². The van der Waals surface area contributed by atoms with E-state index in [0.717, 1.165) is 28.9 Å². The van der Waals surface area contributed by atoms with Gasteiger partial charge in [-0.2, -0.15) is 0 Å². The maximum Gasteiger partial charge on any atom is 0.240 e. The van der Waals surface area contributed by atoms with E-state index in [-0.39, 0.29) is 17.5 Å². The number of sulfonamides is 1. The molecule has 1 aliphatic rings. The Labute approximate surface area is 149 Å². The molecule has 1 aliphatic heterocycles. The lowest BCUT2D eigenvalue weighted by Gasteiger charge is -2.13. The van der Waals surface area contributed by atoms with E-state index in [9.17, 15) is 8.42 Å². The third-order valence-electron chi connectivity index (χ3n) is 4.16. The number of nitrogens with one attached hydrogen (secondary N) is 1. The summed E-state index contributed by atoms with van der Waals surface area (Å²) in [4.78, 5) is 0.252. The molecule has 0 spiro atoms. The Bertz CT molecular complexity index is 860. The van der Waals surface area contributed by atoms with Crippen LogP contribution >= 0.6 is 0 Å². The van der Waals surface area contributed by atoms with Gasteiger partial charge in [0.25, 0.3) is 0 Å². The van der Waals surface area contributed by atoms with Crippen molar-refractivity contribution in [1.82, 2.24) is 4.72 Å². The van der Waals surface area contributed by atoms with Crippen molar-refractivity contribution >= 4 is 10.0 Å². The maximum absolute atomic E-state index is 12.5. The fourth-order valence-corrected chi connectivity index (χ4v) is 3.89. The molecular weight excluding hydrogens is 338 g/mol. The first-order valence-corrected chi connectivity index (χ1v) is 9.89. The van der Waals surface area contributed by atoms with Crippen LogP contribution in [0.4, 0.5) is 0 Å². The number of ether oxygens (including phenoxy) is 2. The quantitative estimate of drug-likeness (QED) is 0.858. The Kier molecular flexibility index (Phi) is 5.01. The van der Waals surface area contributed by atoms with Gasteiger partial charge < -0.3 is 9.47 Å². The van der Waals surface area contributed by atoms with Gasteiger partial charge in [0.2, 0.25) is 10.0 Å². The van der Waals surface area contributed by atoms with Crippen molar-refractivity contribution in [1.29, 1.82) is 0 Å². The van der Waals surface area contributed by atoms with E-state index in [1.807, 2.05) is 32.9 Å². The summed E-state index contributed by atoms with van der Waals surface area (Å²) < 4.78 is 39.1. The monoisotopic (exact) mass is 361 g/mol. The Morgan fingerprint density at radius 3 is 2.64 bits per heavy atom. The molecule has 134 valence electrons. The van der Waals surface area contributed by atoms with Crippen LogP contribution in [0.15, 0.2) is 41.3 Å². The van der Waals surface area contributed by atoms with E-state index in [1.165, 1.54) is 0 Å². The summed E-state index contributed by atoms with van der Waals surface area (Å²) in [5.41, 5.74) is 2.88. The summed E-state index contributed by atoms with van der Waals surface area (Å²) in [6.07, 6.45) is 0.967. The maximum atomic E-state index is 12.5. The highest BCUT2D eigenvalue weighted by molar-refractivity contribution is 7.89. The first kappa shape index (κ1) is 17.8. The summed E-state index contributed by atoms with van der Waals surface area (Å²) in [6, 6.07) is 10.6. The molecule has 3 rings (SSSR count). The molecule has 25 heavy (non-hydrogen) atoms. The Hall–Kier alpha value is -2.05. The second kappa shape index (κ2) is 7.06. The van der Waals surface area contributed by atoms with E-state index >= 15 is 0 Å². The summed E-state index contributed by atoms with van der Waals surface area (Å²) in [7, 11) is -3.58. The van der Waals surface area contributed by atoms with Crippen molar-refractivity contribution in [3.8, 4) is 11.5 Å². The largest absolute Gasteiger partial charge is 0.494 e. The van der Waals surface area contributed by atoms with Gasteiger partial charge in [-0.3, -0.25) is 0 Å². The van der Waals surface area contributed by atoms with Crippen LogP contribution in [0.5, 0.6) is 11.5 Å². The molecule has 2 aromatic carbocycles. The van der Waals surface area contributed by atoms with Crippen molar-refractivity contribution in [3.05, 3.63) is 53.1 Å². The molecule has 1 N–H and O–H groups in total. The second-order valence-corrected chi connectivity index (χ2v) is 8.04. The van der Waals surface area contributed by atoms with Gasteiger partial charge in [-0.25, -0.2) is 13.1 Å². The fourth-order valence-electron chi connectivity index (χ4n) is 2.88. The lowest BCUT2D eigenvalue weighted by molar-refractivity contribution is 0.254. The molecule has 0 radical (unpaired) electrons. The van der Waals surface area contributed by atoms with Crippen molar-refractivity contribution < 1.29 is 17.9 Å². The van der Waals surface area contributed by atoms with Crippen LogP contribution in [-0.4, -0.2) is 21.1 Å². The zero-order valence-electron chi connectivity index (χ0n) is 14.7. The van der Waals surface area contributed by atoms with Gasteiger partial charge in [0.1, 0.15) is 17.6 Å². The minimum Gasteiger partial charge on any atom is -0.494 e. The predicted molar refractivity (Wildman–Crippen MR) is 96.6 cm³/mol. The summed E-state index contributed by atoms with van der Waals surface area (Å²) in [5.74, 6) is 1.51. The second-order valence-electron chi connectivity index (χ2n) is 6.27. The van der Waals surface area contributed by atoms with Crippen LogP contribution in [0.3, 0.4) is 0 Å². The summed E-state index contributed by atoms with van der Waals surface area (Å²) in [6.45, 7) is 6.51. The molecule has 1 atom stereocenters. The molecule has 0 fully saturated rings. The normalized spacial score (nSPS) is 16.4. The third-order valence-corrected chi connectivity index (χ3v) is 5.58. The third kappa shape index (κ3) is 3.96. The van der Waals surface area contributed by atoms with Crippen molar-refractivity contribution in [2.45, 2.75) is 44.7 Å². The minimum absolute atomic E-state index is 0.129. The Morgan fingerprint density at radius 2 is 1.96 bits per heavy atom. The van der Waals surface area contributed by atoms with Crippen molar-refractivity contribution in [2.75, 3.05) is 6.61 Å². The molecule has 5 nitrogen and oxygen atoms in total. The van der Waals surface area contributed by atoms with E-state index in [4.69, 9.17) is 9.47 Å². The smallest absolute Gasteiger partial charge is 0.240 e. The number of aryl methyl sites for hydroxylation is 1. The lowest BCUT2D eigenvalue weighted by atomic mass is 10.1. The van der Waals surface area contributed by atoms with Gasteiger partial charge in [0, 0.05) is 24.1 Å². The van der Waals surface area contributed by atoms with Crippen LogP contribution < -0.4 is 14.2 Å². The molecule has 0 amide bonds. The van der Waals surface area contributed by atoms with Crippen molar-refractivity contribution in [2.24, 2.45) is 0 Å². The molecule has 0 aromatic heterocycles. The van der Waals surface area contributed by atoms with E-state index in [1.54, 1.807) is 24.3 Å². The zero-order chi connectivity index (χ0) is 18.0. The number of hydrogen-bond donors (Lipinski definition) is 1. The average Bonchev–Trinajstić information content (AvgIpc) is 2.92. The van der Waals surface area contributed by atoms with Gasteiger partial charge in [0.05, 0.1) is 11.5 Å². The predicted octanol–water partition coefficient (Wildman–Crippen LogP) is 3.20. The molecule has 0 bridgehead atoms. The summed E-state index contributed by atoms with van der Waals surface area (Å²) >= 11 is 0. The molecule has 2 aromatic rings. The molecule has 0 aliphatic carbocycles. The highest BCUT2D eigenvalue weighted by atomic mass is 32.2. The standard InChI is InChI=1S/C19H23NO4S/c1-4-23-18-10-15-9-14(3)24-19(15)11-16(18)12-20-25(21,22)17-7-5-13(2)6-8-17/h5-8,10-11,14,20H,4,9,12H2,1-3H3/t14-/m1/s1. The molecule has 0 unspecified atom stereocenters. The first-order valence-electron chi connectivity index (χ1n) is 8.40. The number of hydrogen-bond acceptors (Lipinski definition) is 4. The Balaban J connectivity index is 1.82. The molecule has 0 saturated heterocycles. The molecule has 1 heterocycles. The Morgan fingerprint density at radius 1 is 1.24 bits per heavy atom. The van der Waals surface area contributed by atoms with Crippen LogP contribution in [0.1, 0.15) is 30.5 Å². The fraction of sp³-hybridized carbons (Fsp3) is 0.368. The van der Waals surface area contributed by atoms with E-state index < -0.39 is 10.0 Å². The van der Waals surface area contributed by atoms with Gasteiger partial charge in [-0.1, -0.05) is 17.7 Å². The highest BCUT2D eigenvalue weighted by Gasteiger charge is 2.23. The van der Waals surface area contributed by atoms with Crippen molar-refractivity contribution in [3.63, 3.8) is 0 Å². The number of benzene rings is 2. The first-order chi connectivity index (χ1) is 11.9. The number of rotatable bonds is 6. The SMILES string of the molecule is CCOc1cc2c(cc1CNS(=O)(=O)c1ccc(C)cc1)O[C@H](C)C2. The molecule has 6 heteroatoms.